The third kappa shape index (κ3) is 13.7. The van der Waals surface area contributed by atoms with Gasteiger partial charge in [0.2, 0.25) is 29.5 Å². The maximum Gasteiger partial charge on any atom is 0.270 e. The highest BCUT2D eigenvalue weighted by atomic mass is 32.1. The first-order valence-corrected chi connectivity index (χ1v) is 28.5. The lowest BCUT2D eigenvalue weighted by molar-refractivity contribution is -0.144. The highest BCUT2D eigenvalue weighted by Crippen LogP contribution is 2.36. The van der Waals surface area contributed by atoms with Crippen LogP contribution in [0, 0.1) is 11.8 Å². The number of carbonyl (C=O) groups is 8. The molecule has 1 unspecified atom stereocenters. The van der Waals surface area contributed by atoms with Crippen LogP contribution in [0.2, 0.25) is 0 Å². The molecule has 9 rings (SSSR count). The van der Waals surface area contributed by atoms with Gasteiger partial charge in [0.05, 0.1) is 17.0 Å². The Labute approximate surface area is 467 Å². The smallest absolute Gasteiger partial charge is 0.270 e. The number of alkyl halides is 2. The Morgan fingerprint density at radius 3 is 2.31 bits per heavy atom. The molecule has 3 saturated heterocycles. The van der Waals surface area contributed by atoms with E-state index in [9.17, 15) is 47.1 Å². The van der Waals surface area contributed by atoms with Crippen molar-refractivity contribution in [3.05, 3.63) is 141 Å². The van der Waals surface area contributed by atoms with E-state index in [0.717, 1.165) is 66.2 Å². The van der Waals surface area contributed by atoms with Gasteiger partial charge < -0.3 is 30.9 Å². The molecule has 5 N–H and O–H groups in total. The lowest BCUT2D eigenvalue weighted by Gasteiger charge is -2.37. The minimum Gasteiger partial charge on any atom is -0.378 e. The van der Waals surface area contributed by atoms with Crippen LogP contribution in [0.5, 0.6) is 0 Å². The molecule has 15 nitrogen and oxygen atoms in total. The van der Waals surface area contributed by atoms with Crippen LogP contribution in [0.3, 0.4) is 0 Å². The van der Waals surface area contributed by atoms with Crippen molar-refractivity contribution in [1.82, 2.24) is 25.8 Å². The van der Waals surface area contributed by atoms with Crippen molar-refractivity contribution in [3.63, 3.8) is 0 Å². The summed E-state index contributed by atoms with van der Waals surface area (Å²) < 4.78 is 35.7. The number of nitrogens with one attached hydrogen (secondary N) is 3. The highest BCUT2D eigenvalue weighted by Gasteiger charge is 2.47. The molecule has 7 amide bonds. The molecule has 0 spiro atoms. The van der Waals surface area contributed by atoms with E-state index in [4.69, 9.17) is 10.5 Å². The first-order valence-electron chi connectivity index (χ1n) is 27.7. The van der Waals surface area contributed by atoms with E-state index in [-0.39, 0.29) is 91.6 Å². The van der Waals surface area contributed by atoms with E-state index in [1.165, 1.54) is 23.1 Å². The quantitative estimate of drug-likeness (QED) is 0.0315. The van der Waals surface area contributed by atoms with Crippen molar-refractivity contribution in [1.29, 1.82) is 0 Å². The molecular weight excluding hydrogens is 1040 g/mol. The van der Waals surface area contributed by atoms with Crippen LogP contribution in [-0.4, -0.2) is 99.9 Å². The predicted octanol–water partition coefficient (Wildman–Crippen LogP) is 8.34. The third-order valence-electron chi connectivity index (χ3n) is 15.8. The normalized spacial score (nSPS) is 20.5. The van der Waals surface area contributed by atoms with Gasteiger partial charge in [-0.05, 0) is 110 Å². The number of hydrogen-bond acceptors (Lipinski definition) is 10. The first kappa shape index (κ1) is 57.1. The minimum atomic E-state index is -3.09. The van der Waals surface area contributed by atoms with E-state index < -0.39 is 65.7 Å². The Bertz CT molecular complexity index is 3170. The minimum absolute atomic E-state index is 0.0185. The molecule has 4 aliphatic rings. The van der Waals surface area contributed by atoms with Crippen LogP contribution in [0.25, 0.3) is 10.1 Å². The fourth-order valence-corrected chi connectivity index (χ4v) is 12.5. The Morgan fingerprint density at radius 2 is 1.60 bits per heavy atom. The van der Waals surface area contributed by atoms with Gasteiger partial charge in [0.1, 0.15) is 18.1 Å². The van der Waals surface area contributed by atoms with Crippen molar-refractivity contribution in [2.45, 2.75) is 158 Å². The zero-order valence-electron chi connectivity index (χ0n) is 44.7. The number of nitrogens with two attached hydrogens (primary N) is 1. The molecule has 6 atom stereocenters. The first-order chi connectivity index (χ1) is 38.5. The van der Waals surface area contributed by atoms with Gasteiger partial charge in [-0.15, -0.1) is 11.3 Å². The van der Waals surface area contributed by atoms with Gasteiger partial charge in [0.15, 0.2) is 5.78 Å². The number of ether oxygens (including phenoxy) is 1. The van der Waals surface area contributed by atoms with Crippen LogP contribution in [0.4, 0.5) is 8.78 Å². The van der Waals surface area contributed by atoms with Crippen LogP contribution < -0.4 is 21.7 Å². The summed E-state index contributed by atoms with van der Waals surface area (Å²) in [6, 6.07) is 26.0. The monoisotopic (exact) mass is 1110 g/mol. The second-order valence-electron chi connectivity index (χ2n) is 21.4. The van der Waals surface area contributed by atoms with Gasteiger partial charge >= 0.3 is 0 Å². The number of imide groups is 1. The standard InChI is InChI=1S/C62H66F2N6O9S/c1-62(63,64)42-22-29-53-41(33-42)34-54(80-53)59(76)67-49-25-24-44(79-32-13-5-3-2-4-8-19-40-20-14-21-45-47(40)37-69(60(45)77)50-28-31-56(73)68-57(50)74)35-43-23-27-51(70(43)61(49)78)58(75)66-48(26-30-55(65)72)52(71)36-46(38-15-9-6-10-16-38)39-17-11-7-12-18-39/h6-7,9-12,14-18,20-22,29,33-34,43-44,46,48-51H,2-5,13,23-28,30-32,35-37H2,1H3,(H2,65,72)(H,66,75)(H,67,76)(H,68,73,74)/t43-,44-,48+,49+,50?,51+/m1/s1. The summed E-state index contributed by atoms with van der Waals surface area (Å²) in [5.74, 6) is -0.499. The van der Waals surface area contributed by atoms with Gasteiger partial charge in [0, 0.05) is 79.1 Å². The zero-order valence-corrected chi connectivity index (χ0v) is 45.5. The number of unbranched alkanes of at least 4 members (excludes halogenated alkanes) is 4. The third-order valence-corrected chi connectivity index (χ3v) is 16.9. The number of ketones is 1. The molecule has 4 aromatic carbocycles. The number of thiophene rings is 1. The number of primary amides is 1. The number of fused-ring (bicyclic) bond motifs is 3. The van der Waals surface area contributed by atoms with E-state index in [2.05, 4.69) is 27.8 Å². The molecule has 5 aromatic rings. The Balaban J connectivity index is 0.848. The van der Waals surface area contributed by atoms with E-state index in [1.54, 1.807) is 23.1 Å². The van der Waals surface area contributed by atoms with Crippen molar-refractivity contribution in [2.24, 2.45) is 5.73 Å². The molecule has 0 aliphatic carbocycles. The Morgan fingerprint density at radius 1 is 0.863 bits per heavy atom. The summed E-state index contributed by atoms with van der Waals surface area (Å²) in [5.41, 5.74) is 9.24. The summed E-state index contributed by atoms with van der Waals surface area (Å²) in [4.78, 5) is 111. The molecular formula is C62H66F2N6O9S. The summed E-state index contributed by atoms with van der Waals surface area (Å²) in [7, 11) is 0. The number of halogens is 2. The summed E-state index contributed by atoms with van der Waals surface area (Å²) in [6.45, 7) is 1.49. The summed E-state index contributed by atoms with van der Waals surface area (Å²) >= 11 is 1.12. The zero-order chi connectivity index (χ0) is 56.5. The second-order valence-corrected chi connectivity index (χ2v) is 22.5. The van der Waals surface area contributed by atoms with E-state index in [1.807, 2.05) is 66.7 Å². The lowest BCUT2D eigenvalue weighted by Crippen LogP contribution is -2.58. The summed E-state index contributed by atoms with van der Waals surface area (Å²) in [6.07, 6.45) is 5.70. The average molecular weight is 1110 g/mol. The van der Waals surface area contributed by atoms with Crippen molar-refractivity contribution in [2.75, 3.05) is 6.61 Å². The maximum absolute atomic E-state index is 14.9. The number of piperidine rings is 1. The molecule has 1 aromatic heterocycles. The van der Waals surface area contributed by atoms with Crippen molar-refractivity contribution in [3.8, 4) is 11.8 Å². The van der Waals surface area contributed by atoms with Gasteiger partial charge in [0.25, 0.3) is 17.7 Å². The number of Topliss-reactive ketones (excluding diaryl/α,β-unsaturated/α-hetero) is 1. The molecule has 80 heavy (non-hydrogen) atoms. The molecule has 0 bridgehead atoms. The van der Waals surface area contributed by atoms with Gasteiger partial charge in [-0.25, -0.2) is 8.78 Å². The Kier molecular flexibility index (Phi) is 18.3. The highest BCUT2D eigenvalue weighted by molar-refractivity contribution is 7.20. The predicted molar refractivity (Wildman–Crippen MR) is 297 cm³/mol. The van der Waals surface area contributed by atoms with Crippen LogP contribution in [0.1, 0.15) is 157 Å². The topological polar surface area (TPSA) is 214 Å². The lowest BCUT2D eigenvalue weighted by atomic mass is 9.85. The fourth-order valence-electron chi connectivity index (χ4n) is 11.5. The number of benzene rings is 4. The molecule has 418 valence electrons. The van der Waals surface area contributed by atoms with Gasteiger partial charge in [-0.3, -0.25) is 43.7 Å². The largest absolute Gasteiger partial charge is 0.378 e. The van der Waals surface area contributed by atoms with Crippen molar-refractivity contribution >= 4 is 68.6 Å². The molecule has 5 heterocycles. The molecule has 4 aliphatic heterocycles. The van der Waals surface area contributed by atoms with Gasteiger partial charge in [-0.1, -0.05) is 97.5 Å². The number of carbonyl (C=O) groups excluding carboxylic acids is 8. The average Bonchev–Trinajstić information content (AvgIpc) is 4.25. The van der Waals surface area contributed by atoms with Crippen molar-refractivity contribution < 1.29 is 51.9 Å². The van der Waals surface area contributed by atoms with Crippen LogP contribution >= 0.6 is 11.3 Å². The number of rotatable bonds is 21. The molecule has 0 saturated carbocycles. The fraction of sp³-hybridized carbons (Fsp3) is 0.419. The van der Waals surface area contributed by atoms with Gasteiger partial charge in [-0.2, -0.15) is 0 Å². The van der Waals surface area contributed by atoms with E-state index >= 15 is 0 Å². The van der Waals surface area contributed by atoms with Crippen LogP contribution in [-0.2, 0) is 46.0 Å². The second kappa shape index (κ2) is 25.7. The number of hydrogen-bond donors (Lipinski definition) is 4. The number of amides is 7. The maximum atomic E-state index is 14.9. The summed E-state index contributed by atoms with van der Waals surface area (Å²) in [5, 5.41) is 8.66. The number of nitrogens with zero attached hydrogens (tertiary/aromatic N) is 2. The van der Waals surface area contributed by atoms with E-state index in [0.29, 0.717) is 47.9 Å². The molecule has 0 radical (unpaired) electrons. The van der Waals surface area contributed by atoms with Crippen LogP contribution in [0.15, 0.2) is 103 Å². The molecule has 18 heteroatoms. The molecule has 3 fully saturated rings. The Hall–Kier alpha value is -7.62. The SMILES string of the molecule is CC(F)(F)c1ccc2sc(C(=O)N[C@H]3CC[C@@H](OCCCCCCC#Cc4cccc5c4CN(C4CCC(=O)NC4=O)C5=O)C[C@H]4CC[C@@H](C(=O)N[C@@H](CCC(N)=O)C(=O)CC(c5ccccc5)c5ccccc5)N4C3=O)cc2c1.